The van der Waals surface area contributed by atoms with Crippen molar-refractivity contribution >= 4 is 22.3 Å². The second-order valence-corrected chi connectivity index (χ2v) is 5.51. The molecule has 4 heteroatoms. The Balaban J connectivity index is 1.96. The molecule has 0 saturated heterocycles. The second kappa shape index (κ2) is 7.21. The summed E-state index contributed by atoms with van der Waals surface area (Å²) >= 11 is 0. The predicted molar refractivity (Wildman–Crippen MR) is 98.5 cm³/mol. The highest BCUT2D eigenvalue weighted by molar-refractivity contribution is 5.94. The molecule has 0 spiro atoms. The van der Waals surface area contributed by atoms with Gasteiger partial charge in [0, 0.05) is 22.5 Å². The largest absolute Gasteiger partial charge is 0.494 e. The monoisotopic (exact) mass is 322 g/mol. The van der Waals surface area contributed by atoms with Crippen molar-refractivity contribution in [2.24, 2.45) is 0 Å². The van der Waals surface area contributed by atoms with Gasteiger partial charge in [-0.3, -0.25) is 4.98 Å². The van der Waals surface area contributed by atoms with Crippen LogP contribution in [0.4, 0.5) is 11.4 Å². The normalized spacial score (nSPS) is 10.6. The minimum Gasteiger partial charge on any atom is -0.494 e. The number of nitrogens with zero attached hydrogens (tertiary/aromatic N) is 1. The molecule has 4 nitrogen and oxygen atoms in total. The number of benzene rings is 2. The van der Waals surface area contributed by atoms with E-state index in [0.717, 1.165) is 39.5 Å². The molecule has 24 heavy (non-hydrogen) atoms. The van der Waals surface area contributed by atoms with Crippen LogP contribution in [0.1, 0.15) is 19.5 Å². The Hall–Kier alpha value is -2.75. The predicted octanol–water partition coefficient (Wildman–Crippen LogP) is 5.08. The molecule has 124 valence electrons. The fourth-order valence-electron chi connectivity index (χ4n) is 2.65. The highest BCUT2D eigenvalue weighted by Crippen LogP contribution is 2.30. The van der Waals surface area contributed by atoms with E-state index in [1.54, 1.807) is 0 Å². The average Bonchev–Trinajstić information content (AvgIpc) is 2.57. The smallest absolute Gasteiger partial charge is 0.120 e. The molecule has 0 aliphatic carbocycles. The first kappa shape index (κ1) is 16.1. The Morgan fingerprint density at radius 3 is 2.25 bits per heavy atom. The maximum atomic E-state index is 5.62. The Bertz CT molecular complexity index is 829. The third-order valence-corrected chi connectivity index (χ3v) is 3.66. The number of rotatable bonds is 6. The number of fused-ring (bicyclic) bond motifs is 1. The standard InChI is InChI=1S/C20H22N2O2/c1-4-23-16-8-6-15(7-9-16)22-20-12-14(3)21-19-11-10-17(24-5-2)13-18(19)20/h6-13H,4-5H2,1-3H3,(H,21,22). The fourth-order valence-corrected chi connectivity index (χ4v) is 2.65. The summed E-state index contributed by atoms with van der Waals surface area (Å²) in [5.41, 5.74) is 3.95. The van der Waals surface area contributed by atoms with Crippen LogP contribution in [0.25, 0.3) is 10.9 Å². The van der Waals surface area contributed by atoms with E-state index in [4.69, 9.17) is 9.47 Å². The first-order valence-corrected chi connectivity index (χ1v) is 8.23. The van der Waals surface area contributed by atoms with Gasteiger partial charge in [-0.25, -0.2) is 0 Å². The van der Waals surface area contributed by atoms with Gasteiger partial charge in [0.15, 0.2) is 0 Å². The third-order valence-electron chi connectivity index (χ3n) is 3.66. The summed E-state index contributed by atoms with van der Waals surface area (Å²) in [5.74, 6) is 1.72. The zero-order valence-corrected chi connectivity index (χ0v) is 14.3. The van der Waals surface area contributed by atoms with Crippen molar-refractivity contribution in [2.45, 2.75) is 20.8 Å². The van der Waals surface area contributed by atoms with Crippen molar-refractivity contribution < 1.29 is 9.47 Å². The molecule has 1 N–H and O–H groups in total. The lowest BCUT2D eigenvalue weighted by molar-refractivity contribution is 0.340. The van der Waals surface area contributed by atoms with Crippen LogP contribution in [0.15, 0.2) is 48.5 Å². The number of hydrogen-bond donors (Lipinski definition) is 1. The van der Waals surface area contributed by atoms with Crippen LogP contribution in [0, 0.1) is 6.92 Å². The highest BCUT2D eigenvalue weighted by atomic mass is 16.5. The Morgan fingerprint density at radius 1 is 0.875 bits per heavy atom. The number of aromatic nitrogens is 1. The van der Waals surface area contributed by atoms with Gasteiger partial charge in [-0.2, -0.15) is 0 Å². The van der Waals surface area contributed by atoms with Crippen LogP contribution < -0.4 is 14.8 Å². The molecule has 2 aromatic carbocycles. The summed E-state index contributed by atoms with van der Waals surface area (Å²) in [6, 6.07) is 16.0. The Kier molecular flexibility index (Phi) is 4.85. The second-order valence-electron chi connectivity index (χ2n) is 5.51. The van der Waals surface area contributed by atoms with Crippen molar-refractivity contribution in [1.82, 2.24) is 4.98 Å². The number of pyridine rings is 1. The van der Waals surface area contributed by atoms with Gasteiger partial charge in [-0.15, -0.1) is 0 Å². The van der Waals surface area contributed by atoms with E-state index >= 15 is 0 Å². The number of ether oxygens (including phenoxy) is 2. The summed E-state index contributed by atoms with van der Waals surface area (Å²) in [6.45, 7) is 7.28. The number of hydrogen-bond acceptors (Lipinski definition) is 4. The summed E-state index contributed by atoms with van der Waals surface area (Å²) in [7, 11) is 0. The highest BCUT2D eigenvalue weighted by Gasteiger charge is 2.07. The van der Waals surface area contributed by atoms with E-state index in [9.17, 15) is 0 Å². The topological polar surface area (TPSA) is 43.4 Å². The molecule has 1 aromatic heterocycles. The van der Waals surface area contributed by atoms with Gasteiger partial charge in [0.25, 0.3) is 0 Å². The molecule has 0 radical (unpaired) electrons. The van der Waals surface area contributed by atoms with Crippen LogP contribution in [0.3, 0.4) is 0 Å². The van der Waals surface area contributed by atoms with Gasteiger partial charge in [-0.1, -0.05) is 0 Å². The maximum Gasteiger partial charge on any atom is 0.120 e. The van der Waals surface area contributed by atoms with Crippen molar-refractivity contribution in [3.05, 3.63) is 54.2 Å². The molecule has 3 aromatic rings. The molecule has 0 fully saturated rings. The van der Waals surface area contributed by atoms with E-state index in [1.165, 1.54) is 0 Å². The molecule has 0 atom stereocenters. The van der Waals surface area contributed by atoms with Gasteiger partial charge in [-0.05, 0) is 69.3 Å². The molecule has 0 amide bonds. The molecule has 3 rings (SSSR count). The minimum atomic E-state index is 0.645. The van der Waals surface area contributed by atoms with E-state index in [-0.39, 0.29) is 0 Å². The van der Waals surface area contributed by atoms with Crippen LogP contribution in [-0.4, -0.2) is 18.2 Å². The summed E-state index contributed by atoms with van der Waals surface area (Å²) < 4.78 is 11.1. The number of anilines is 2. The first-order valence-electron chi connectivity index (χ1n) is 8.23. The van der Waals surface area contributed by atoms with E-state index in [2.05, 4.69) is 16.4 Å². The quantitative estimate of drug-likeness (QED) is 0.687. The molecular weight excluding hydrogens is 300 g/mol. The molecule has 0 aliphatic heterocycles. The summed E-state index contributed by atoms with van der Waals surface area (Å²) in [6.07, 6.45) is 0. The van der Waals surface area contributed by atoms with Gasteiger partial charge in [0.1, 0.15) is 11.5 Å². The van der Waals surface area contributed by atoms with Crippen molar-refractivity contribution in [2.75, 3.05) is 18.5 Å². The summed E-state index contributed by atoms with van der Waals surface area (Å²) in [4.78, 5) is 4.60. The molecular formula is C20H22N2O2. The fraction of sp³-hybridized carbons (Fsp3) is 0.250. The molecule has 1 heterocycles. The minimum absolute atomic E-state index is 0.645. The lowest BCUT2D eigenvalue weighted by Crippen LogP contribution is -1.97. The summed E-state index contributed by atoms with van der Waals surface area (Å²) in [5, 5.41) is 4.52. The zero-order valence-electron chi connectivity index (χ0n) is 14.3. The number of nitrogens with one attached hydrogen (secondary N) is 1. The van der Waals surface area contributed by atoms with Crippen LogP contribution in [-0.2, 0) is 0 Å². The lowest BCUT2D eigenvalue weighted by atomic mass is 10.1. The van der Waals surface area contributed by atoms with Crippen LogP contribution in [0.2, 0.25) is 0 Å². The van der Waals surface area contributed by atoms with Crippen LogP contribution in [0.5, 0.6) is 11.5 Å². The Morgan fingerprint density at radius 2 is 1.54 bits per heavy atom. The van der Waals surface area contributed by atoms with Gasteiger partial charge in [0.2, 0.25) is 0 Å². The van der Waals surface area contributed by atoms with Gasteiger partial charge < -0.3 is 14.8 Å². The van der Waals surface area contributed by atoms with E-state index < -0.39 is 0 Å². The lowest BCUT2D eigenvalue weighted by Gasteiger charge is -2.13. The average molecular weight is 322 g/mol. The third kappa shape index (κ3) is 3.59. The molecule has 0 bridgehead atoms. The molecule has 0 aliphatic rings. The van der Waals surface area contributed by atoms with Crippen molar-refractivity contribution in [3.63, 3.8) is 0 Å². The SMILES string of the molecule is CCOc1ccc(Nc2cc(C)nc3ccc(OCC)cc23)cc1. The van der Waals surface area contributed by atoms with Gasteiger partial charge >= 0.3 is 0 Å². The van der Waals surface area contributed by atoms with Crippen LogP contribution >= 0.6 is 0 Å². The van der Waals surface area contributed by atoms with E-state index in [1.807, 2.05) is 63.2 Å². The Labute approximate surface area is 142 Å². The maximum absolute atomic E-state index is 5.62. The molecule has 0 saturated carbocycles. The first-order chi connectivity index (χ1) is 11.7. The van der Waals surface area contributed by atoms with Gasteiger partial charge in [0.05, 0.1) is 18.7 Å². The van der Waals surface area contributed by atoms with Crippen molar-refractivity contribution in [1.29, 1.82) is 0 Å². The van der Waals surface area contributed by atoms with Crippen molar-refractivity contribution in [3.8, 4) is 11.5 Å². The van der Waals surface area contributed by atoms with E-state index in [0.29, 0.717) is 13.2 Å². The zero-order chi connectivity index (χ0) is 16.9. The molecule has 0 unspecified atom stereocenters. The number of aryl methyl sites for hydroxylation is 1.